The quantitative estimate of drug-likeness (QED) is 0.876. The van der Waals surface area contributed by atoms with Crippen LogP contribution in [-0.2, 0) is 4.74 Å². The number of hydrogen-bond donors (Lipinski definition) is 1. The minimum absolute atomic E-state index is 0.0480. The molecular formula is C13H17F2NO2. The molecule has 3 atom stereocenters. The van der Waals surface area contributed by atoms with Crippen molar-refractivity contribution in [3.05, 3.63) is 29.8 Å². The minimum atomic E-state index is -0.898. The van der Waals surface area contributed by atoms with Crippen molar-refractivity contribution in [3.63, 3.8) is 0 Å². The van der Waals surface area contributed by atoms with Crippen LogP contribution in [0.1, 0.15) is 13.3 Å². The zero-order chi connectivity index (χ0) is 13.1. The van der Waals surface area contributed by atoms with E-state index in [0.29, 0.717) is 12.4 Å². The number of benzene rings is 1. The first-order valence-electron chi connectivity index (χ1n) is 6.06. The van der Waals surface area contributed by atoms with E-state index in [2.05, 4.69) is 5.32 Å². The van der Waals surface area contributed by atoms with Gasteiger partial charge in [0.2, 0.25) is 0 Å². The zero-order valence-corrected chi connectivity index (χ0v) is 10.5. The van der Waals surface area contributed by atoms with Crippen molar-refractivity contribution in [2.45, 2.75) is 31.6 Å². The summed E-state index contributed by atoms with van der Waals surface area (Å²) in [7, 11) is 1.87. The van der Waals surface area contributed by atoms with Crippen molar-refractivity contribution < 1.29 is 18.3 Å². The summed E-state index contributed by atoms with van der Waals surface area (Å²) in [5, 5.41) is 3.13. The summed E-state index contributed by atoms with van der Waals surface area (Å²) in [6, 6.07) is 3.80. The summed E-state index contributed by atoms with van der Waals surface area (Å²) < 4.78 is 37.0. The third-order valence-electron chi connectivity index (χ3n) is 3.16. The first-order valence-corrected chi connectivity index (χ1v) is 6.06. The van der Waals surface area contributed by atoms with Gasteiger partial charge < -0.3 is 14.8 Å². The van der Waals surface area contributed by atoms with Gasteiger partial charge in [0.1, 0.15) is 18.0 Å². The van der Waals surface area contributed by atoms with Gasteiger partial charge in [0.15, 0.2) is 11.6 Å². The van der Waals surface area contributed by atoms with Crippen LogP contribution in [0.2, 0.25) is 0 Å². The fraction of sp³-hybridized carbons (Fsp3) is 0.538. The Labute approximate surface area is 105 Å². The van der Waals surface area contributed by atoms with E-state index < -0.39 is 11.6 Å². The van der Waals surface area contributed by atoms with Crippen LogP contribution < -0.4 is 10.1 Å². The van der Waals surface area contributed by atoms with Gasteiger partial charge in [-0.05, 0) is 26.1 Å². The lowest BCUT2D eigenvalue weighted by molar-refractivity contribution is -0.103. The maximum atomic E-state index is 13.0. The molecule has 0 aliphatic heterocycles. The van der Waals surface area contributed by atoms with E-state index in [4.69, 9.17) is 9.47 Å². The van der Waals surface area contributed by atoms with Crippen molar-refractivity contribution in [3.8, 4) is 5.75 Å². The number of ether oxygens (including phenoxy) is 2. The summed E-state index contributed by atoms with van der Waals surface area (Å²) in [5.74, 6) is -1.44. The fourth-order valence-corrected chi connectivity index (χ4v) is 2.12. The predicted molar refractivity (Wildman–Crippen MR) is 63.7 cm³/mol. The molecule has 1 N–H and O–H groups in total. The second kappa shape index (κ2) is 5.63. The van der Waals surface area contributed by atoms with Gasteiger partial charge in [-0.1, -0.05) is 0 Å². The summed E-state index contributed by atoms with van der Waals surface area (Å²) >= 11 is 0. The molecule has 3 nitrogen and oxygen atoms in total. The molecule has 100 valence electrons. The summed E-state index contributed by atoms with van der Waals surface area (Å²) in [4.78, 5) is 0. The molecule has 1 saturated carbocycles. The smallest absolute Gasteiger partial charge is 0.162 e. The molecule has 18 heavy (non-hydrogen) atoms. The van der Waals surface area contributed by atoms with Crippen molar-refractivity contribution in [1.82, 2.24) is 5.32 Å². The Balaban J connectivity index is 1.99. The molecule has 0 bridgehead atoms. The van der Waals surface area contributed by atoms with Gasteiger partial charge in [0.25, 0.3) is 0 Å². The SMILES string of the molecule is CCOC1C(NC)CC1Oc1ccc(F)c(F)c1. The van der Waals surface area contributed by atoms with Gasteiger partial charge in [-0.2, -0.15) is 0 Å². The van der Waals surface area contributed by atoms with Crippen LogP contribution >= 0.6 is 0 Å². The van der Waals surface area contributed by atoms with Crippen molar-refractivity contribution in [2.75, 3.05) is 13.7 Å². The molecule has 1 fully saturated rings. The molecular weight excluding hydrogens is 240 g/mol. The van der Waals surface area contributed by atoms with Gasteiger partial charge >= 0.3 is 0 Å². The number of hydrogen-bond acceptors (Lipinski definition) is 3. The molecule has 0 saturated heterocycles. The Bertz CT molecular complexity index is 414. The van der Waals surface area contributed by atoms with E-state index in [9.17, 15) is 8.78 Å². The van der Waals surface area contributed by atoms with E-state index in [-0.39, 0.29) is 18.2 Å². The molecule has 1 aromatic carbocycles. The Morgan fingerprint density at radius 2 is 2.11 bits per heavy atom. The van der Waals surface area contributed by atoms with Crippen molar-refractivity contribution >= 4 is 0 Å². The minimum Gasteiger partial charge on any atom is -0.487 e. The molecule has 1 aromatic rings. The molecule has 0 spiro atoms. The van der Waals surface area contributed by atoms with E-state index in [1.807, 2.05) is 14.0 Å². The predicted octanol–water partition coefficient (Wildman–Crippen LogP) is 2.11. The number of halogens is 2. The van der Waals surface area contributed by atoms with E-state index in [1.54, 1.807) is 0 Å². The van der Waals surface area contributed by atoms with Crippen LogP contribution in [0.25, 0.3) is 0 Å². The molecule has 1 aliphatic rings. The third-order valence-corrected chi connectivity index (χ3v) is 3.16. The van der Waals surface area contributed by atoms with Gasteiger partial charge in [-0.15, -0.1) is 0 Å². The Hall–Kier alpha value is -1.20. The second-order valence-corrected chi connectivity index (χ2v) is 4.28. The molecule has 5 heteroatoms. The van der Waals surface area contributed by atoms with Crippen molar-refractivity contribution in [1.29, 1.82) is 0 Å². The van der Waals surface area contributed by atoms with Crippen LogP contribution in [0.4, 0.5) is 8.78 Å². The highest BCUT2D eigenvalue weighted by Gasteiger charge is 2.42. The standard InChI is InChI=1S/C13H17F2NO2/c1-3-17-13-11(16-2)7-12(13)18-8-4-5-9(14)10(15)6-8/h4-6,11-13,16H,3,7H2,1-2H3. The van der Waals surface area contributed by atoms with Crippen LogP contribution in [0, 0.1) is 11.6 Å². The topological polar surface area (TPSA) is 30.5 Å². The number of likely N-dealkylation sites (N-methyl/N-ethyl adjacent to an activating group) is 1. The summed E-state index contributed by atoms with van der Waals surface area (Å²) in [5.41, 5.74) is 0. The average molecular weight is 257 g/mol. The van der Waals surface area contributed by atoms with E-state index in [1.165, 1.54) is 6.07 Å². The fourth-order valence-electron chi connectivity index (χ4n) is 2.12. The van der Waals surface area contributed by atoms with E-state index >= 15 is 0 Å². The molecule has 2 rings (SSSR count). The average Bonchev–Trinajstić information content (AvgIpc) is 2.35. The van der Waals surface area contributed by atoms with Crippen LogP contribution in [0.3, 0.4) is 0 Å². The zero-order valence-electron chi connectivity index (χ0n) is 10.5. The summed E-state index contributed by atoms with van der Waals surface area (Å²) in [6.45, 7) is 2.51. The monoisotopic (exact) mass is 257 g/mol. The Morgan fingerprint density at radius 1 is 1.33 bits per heavy atom. The normalized spacial score (nSPS) is 26.8. The lowest BCUT2D eigenvalue weighted by atomic mass is 9.85. The third kappa shape index (κ3) is 2.62. The highest BCUT2D eigenvalue weighted by atomic mass is 19.2. The first kappa shape index (κ1) is 13.2. The largest absolute Gasteiger partial charge is 0.487 e. The first-order chi connectivity index (χ1) is 8.65. The van der Waals surface area contributed by atoms with Gasteiger partial charge in [-0.3, -0.25) is 0 Å². The number of nitrogens with one attached hydrogen (secondary N) is 1. The Kier molecular flexibility index (Phi) is 4.14. The van der Waals surface area contributed by atoms with E-state index in [0.717, 1.165) is 18.6 Å². The molecule has 0 heterocycles. The van der Waals surface area contributed by atoms with Gasteiger partial charge in [-0.25, -0.2) is 8.78 Å². The lowest BCUT2D eigenvalue weighted by Gasteiger charge is -2.43. The van der Waals surface area contributed by atoms with Gasteiger partial charge in [0, 0.05) is 25.1 Å². The van der Waals surface area contributed by atoms with Crippen molar-refractivity contribution in [2.24, 2.45) is 0 Å². The molecule has 3 unspecified atom stereocenters. The van der Waals surface area contributed by atoms with Crippen LogP contribution in [0.5, 0.6) is 5.75 Å². The van der Waals surface area contributed by atoms with Crippen LogP contribution in [-0.4, -0.2) is 31.9 Å². The molecule has 0 amide bonds. The highest BCUT2D eigenvalue weighted by Crippen LogP contribution is 2.29. The maximum Gasteiger partial charge on any atom is 0.162 e. The summed E-state index contributed by atoms with van der Waals surface area (Å²) in [6.07, 6.45) is 0.626. The number of rotatable bonds is 5. The molecule has 0 aromatic heterocycles. The van der Waals surface area contributed by atoms with Gasteiger partial charge in [0.05, 0.1) is 0 Å². The van der Waals surface area contributed by atoms with Crippen LogP contribution in [0.15, 0.2) is 18.2 Å². The highest BCUT2D eigenvalue weighted by molar-refractivity contribution is 5.24. The lowest BCUT2D eigenvalue weighted by Crippen LogP contribution is -2.60. The Morgan fingerprint density at radius 3 is 2.72 bits per heavy atom. The second-order valence-electron chi connectivity index (χ2n) is 4.28. The molecule has 0 radical (unpaired) electrons. The molecule has 1 aliphatic carbocycles. The maximum absolute atomic E-state index is 13.0.